The van der Waals surface area contributed by atoms with Crippen molar-refractivity contribution in [2.45, 2.75) is 63.7 Å². The standard InChI is InChI=1S/C24H38N8O7/c1-12(2)19(26)22(37)32-17(11-18(25)34)21(36)31-16(10-13-5-7-14(33)8-6-13)20(35)30-15(23(38)39)4-3-9-29-24(27)28/h5-8,12,15-17,19,33H,3-4,9-11,26H2,1-2H3,(H2,25,34)(H,30,35)(H,31,36)(H,32,37)(H,38,39)(H4,27,28,29). The summed E-state index contributed by atoms with van der Waals surface area (Å²) in [5, 5.41) is 26.3. The molecular formula is C24H38N8O7. The van der Waals surface area contributed by atoms with E-state index in [1.165, 1.54) is 24.3 Å². The van der Waals surface area contributed by atoms with E-state index < -0.39 is 60.2 Å². The number of amides is 4. The maximum atomic E-state index is 13.2. The van der Waals surface area contributed by atoms with Crippen molar-refractivity contribution in [3.8, 4) is 5.75 Å². The van der Waals surface area contributed by atoms with Crippen molar-refractivity contribution >= 4 is 35.6 Å². The molecule has 0 radical (unpaired) electrons. The van der Waals surface area contributed by atoms with Crippen molar-refractivity contribution in [2.24, 2.45) is 33.8 Å². The molecule has 0 bridgehead atoms. The summed E-state index contributed by atoms with van der Waals surface area (Å²) in [6, 6.07) is 0.706. The summed E-state index contributed by atoms with van der Waals surface area (Å²) in [6.45, 7) is 3.53. The number of carboxylic acids is 1. The van der Waals surface area contributed by atoms with Gasteiger partial charge in [-0.15, -0.1) is 0 Å². The summed E-state index contributed by atoms with van der Waals surface area (Å²) in [7, 11) is 0. The molecule has 15 heteroatoms. The normalized spacial score (nSPS) is 13.8. The number of nitrogens with zero attached hydrogens (tertiary/aromatic N) is 1. The Hall–Kier alpha value is -4.40. The van der Waals surface area contributed by atoms with Crippen LogP contribution in [-0.2, 0) is 30.4 Å². The van der Waals surface area contributed by atoms with Gasteiger partial charge in [0.2, 0.25) is 23.6 Å². The first kappa shape index (κ1) is 32.6. The van der Waals surface area contributed by atoms with E-state index in [1.807, 2.05) is 0 Å². The largest absolute Gasteiger partial charge is 0.508 e. The highest BCUT2D eigenvalue weighted by Gasteiger charge is 2.31. The minimum absolute atomic E-state index is 0.00875. The number of rotatable bonds is 16. The van der Waals surface area contributed by atoms with E-state index in [0.29, 0.717) is 5.56 Å². The molecule has 39 heavy (non-hydrogen) atoms. The third-order valence-corrected chi connectivity index (χ3v) is 5.63. The SMILES string of the molecule is CC(C)C(N)C(=O)NC(CC(N)=O)C(=O)NC(Cc1ccc(O)cc1)C(=O)NC(CCCN=C(N)N)C(=O)O. The van der Waals surface area contributed by atoms with Crippen molar-refractivity contribution in [3.05, 3.63) is 29.8 Å². The van der Waals surface area contributed by atoms with Gasteiger partial charge in [0, 0.05) is 13.0 Å². The lowest BCUT2D eigenvalue weighted by Gasteiger charge is -2.25. The lowest BCUT2D eigenvalue weighted by molar-refractivity contribution is -0.142. The summed E-state index contributed by atoms with van der Waals surface area (Å²) < 4.78 is 0. The van der Waals surface area contributed by atoms with Crippen LogP contribution in [0.4, 0.5) is 0 Å². The number of aliphatic imine (C=N–C) groups is 1. The number of phenolic OH excluding ortho intramolecular Hbond substituents is 1. The maximum Gasteiger partial charge on any atom is 0.326 e. The van der Waals surface area contributed by atoms with Crippen LogP contribution in [-0.4, -0.2) is 76.5 Å². The summed E-state index contributed by atoms with van der Waals surface area (Å²) in [6.07, 6.45) is -0.447. The zero-order valence-electron chi connectivity index (χ0n) is 21.9. The molecule has 216 valence electrons. The lowest BCUT2D eigenvalue weighted by Crippen LogP contribution is -2.58. The van der Waals surface area contributed by atoms with E-state index in [-0.39, 0.29) is 43.4 Å². The van der Waals surface area contributed by atoms with Crippen LogP contribution in [0.3, 0.4) is 0 Å². The molecule has 13 N–H and O–H groups in total. The Balaban J connectivity index is 3.15. The number of aliphatic carboxylic acids is 1. The number of nitrogens with two attached hydrogens (primary N) is 4. The number of primary amides is 1. The molecule has 0 fully saturated rings. The van der Waals surface area contributed by atoms with Gasteiger partial charge in [-0.05, 0) is 36.5 Å². The van der Waals surface area contributed by atoms with Crippen molar-refractivity contribution in [1.82, 2.24) is 16.0 Å². The number of carbonyl (C=O) groups is 5. The van der Waals surface area contributed by atoms with E-state index in [0.717, 1.165) is 0 Å². The number of hydrogen-bond acceptors (Lipinski definition) is 8. The molecule has 0 aliphatic heterocycles. The Morgan fingerprint density at radius 1 is 0.872 bits per heavy atom. The highest BCUT2D eigenvalue weighted by atomic mass is 16.4. The second-order valence-corrected chi connectivity index (χ2v) is 9.28. The second-order valence-electron chi connectivity index (χ2n) is 9.28. The lowest BCUT2D eigenvalue weighted by atomic mass is 10.0. The molecule has 4 unspecified atom stereocenters. The molecule has 0 saturated heterocycles. The molecule has 1 rings (SSSR count). The molecule has 15 nitrogen and oxygen atoms in total. The smallest absolute Gasteiger partial charge is 0.326 e. The van der Waals surface area contributed by atoms with Gasteiger partial charge in [-0.25, -0.2) is 4.79 Å². The van der Waals surface area contributed by atoms with Crippen LogP contribution in [0, 0.1) is 5.92 Å². The minimum atomic E-state index is -1.44. The third kappa shape index (κ3) is 12.1. The molecule has 4 amide bonds. The third-order valence-electron chi connectivity index (χ3n) is 5.63. The first-order valence-electron chi connectivity index (χ1n) is 12.2. The van der Waals surface area contributed by atoms with E-state index >= 15 is 0 Å². The average molecular weight is 551 g/mol. The molecule has 1 aromatic rings. The average Bonchev–Trinajstić information content (AvgIpc) is 2.84. The fourth-order valence-electron chi connectivity index (χ4n) is 3.36. The number of benzene rings is 1. The van der Waals surface area contributed by atoms with Gasteiger partial charge in [0.15, 0.2) is 5.96 Å². The van der Waals surface area contributed by atoms with Crippen LogP contribution >= 0.6 is 0 Å². The topological polar surface area (TPSA) is 278 Å². The highest BCUT2D eigenvalue weighted by molar-refractivity contribution is 5.96. The predicted octanol–water partition coefficient (Wildman–Crippen LogP) is -2.61. The van der Waals surface area contributed by atoms with Gasteiger partial charge in [-0.3, -0.25) is 24.2 Å². The zero-order valence-corrected chi connectivity index (χ0v) is 21.9. The van der Waals surface area contributed by atoms with Gasteiger partial charge >= 0.3 is 5.97 Å². The summed E-state index contributed by atoms with van der Waals surface area (Å²) in [5.41, 5.74) is 22.1. The molecule has 1 aromatic carbocycles. The van der Waals surface area contributed by atoms with E-state index in [1.54, 1.807) is 13.8 Å². The number of aromatic hydroxyl groups is 1. The van der Waals surface area contributed by atoms with Crippen LogP contribution in [0.15, 0.2) is 29.3 Å². The molecule has 0 spiro atoms. The second kappa shape index (κ2) is 15.8. The first-order chi connectivity index (χ1) is 18.2. The molecule has 0 aliphatic carbocycles. The summed E-state index contributed by atoms with van der Waals surface area (Å²) >= 11 is 0. The Bertz CT molecular complexity index is 1040. The van der Waals surface area contributed by atoms with Gasteiger partial charge < -0.3 is 49.1 Å². The minimum Gasteiger partial charge on any atom is -0.508 e. The van der Waals surface area contributed by atoms with Crippen LogP contribution in [0.2, 0.25) is 0 Å². The Morgan fingerprint density at radius 3 is 1.92 bits per heavy atom. The molecule has 0 saturated carbocycles. The van der Waals surface area contributed by atoms with Crippen LogP contribution < -0.4 is 38.9 Å². The molecule has 0 aromatic heterocycles. The van der Waals surface area contributed by atoms with Gasteiger partial charge in [0.05, 0.1) is 12.5 Å². The molecule has 4 atom stereocenters. The van der Waals surface area contributed by atoms with E-state index in [2.05, 4.69) is 20.9 Å². The Labute approximate surface area is 225 Å². The van der Waals surface area contributed by atoms with Gasteiger partial charge in [0.25, 0.3) is 0 Å². The number of nitrogens with one attached hydrogen (secondary N) is 3. The summed E-state index contributed by atoms with van der Waals surface area (Å²) in [5.74, 6) is -5.10. The fourth-order valence-corrected chi connectivity index (χ4v) is 3.36. The molecular weight excluding hydrogens is 512 g/mol. The van der Waals surface area contributed by atoms with E-state index in [4.69, 9.17) is 22.9 Å². The van der Waals surface area contributed by atoms with Gasteiger partial charge in [-0.2, -0.15) is 0 Å². The predicted molar refractivity (Wildman–Crippen MR) is 142 cm³/mol. The van der Waals surface area contributed by atoms with Crippen LogP contribution in [0.5, 0.6) is 5.75 Å². The number of guanidine groups is 1. The Morgan fingerprint density at radius 2 is 1.41 bits per heavy atom. The van der Waals surface area contributed by atoms with Gasteiger partial charge in [-0.1, -0.05) is 26.0 Å². The quantitative estimate of drug-likeness (QED) is 0.0587. The Kier molecular flexibility index (Phi) is 13.2. The molecule has 0 heterocycles. The number of carbonyl (C=O) groups excluding carboxylic acids is 4. The molecule has 0 aliphatic rings. The fraction of sp³-hybridized carbons (Fsp3) is 0.500. The number of carboxylic acid groups (broad SMARTS) is 1. The number of hydrogen-bond donors (Lipinski definition) is 9. The van der Waals surface area contributed by atoms with E-state index in [9.17, 15) is 34.2 Å². The zero-order chi connectivity index (χ0) is 29.7. The number of phenols is 1. The maximum absolute atomic E-state index is 13.2. The summed E-state index contributed by atoms with van der Waals surface area (Å²) in [4.78, 5) is 65.8. The van der Waals surface area contributed by atoms with Crippen LogP contribution in [0.25, 0.3) is 0 Å². The first-order valence-corrected chi connectivity index (χ1v) is 12.2. The highest BCUT2D eigenvalue weighted by Crippen LogP contribution is 2.12. The van der Waals surface area contributed by atoms with Gasteiger partial charge in [0.1, 0.15) is 23.9 Å². The monoisotopic (exact) mass is 550 g/mol. The van der Waals surface area contributed by atoms with Crippen molar-refractivity contribution in [1.29, 1.82) is 0 Å². The van der Waals surface area contributed by atoms with Crippen molar-refractivity contribution in [2.75, 3.05) is 6.54 Å². The van der Waals surface area contributed by atoms with Crippen molar-refractivity contribution < 1.29 is 34.2 Å². The van der Waals surface area contributed by atoms with Crippen molar-refractivity contribution in [3.63, 3.8) is 0 Å². The van der Waals surface area contributed by atoms with Crippen LogP contribution in [0.1, 0.15) is 38.7 Å².